The molecule has 0 spiro atoms. The van der Waals surface area contributed by atoms with Gasteiger partial charge in [-0.2, -0.15) is 0 Å². The molecule has 1 aliphatic heterocycles. The highest BCUT2D eigenvalue weighted by molar-refractivity contribution is 9.10. The maximum absolute atomic E-state index is 11.8. The van der Waals surface area contributed by atoms with E-state index in [4.69, 9.17) is 4.74 Å². The van der Waals surface area contributed by atoms with Crippen molar-refractivity contribution in [1.29, 1.82) is 0 Å². The Hall–Kier alpha value is -1.07. The van der Waals surface area contributed by atoms with Crippen LogP contribution in [0.25, 0.3) is 0 Å². The molecule has 1 saturated heterocycles. The minimum absolute atomic E-state index is 0.000283. The number of amides is 1. The molecule has 1 heterocycles. The first-order chi connectivity index (χ1) is 8.61. The molecular weight excluding hydrogens is 296 g/mol. The van der Waals surface area contributed by atoms with Gasteiger partial charge in [-0.15, -0.1) is 0 Å². The Morgan fingerprint density at radius 3 is 2.78 bits per heavy atom. The second-order valence-corrected chi connectivity index (χ2v) is 5.33. The third-order valence-electron chi connectivity index (χ3n) is 3.19. The van der Waals surface area contributed by atoms with Crippen molar-refractivity contribution in [3.05, 3.63) is 28.2 Å². The molecule has 1 amide bonds. The number of nitrogens with one attached hydrogen (secondary N) is 2. The monoisotopic (exact) mass is 312 g/mol. The van der Waals surface area contributed by atoms with Crippen molar-refractivity contribution in [1.82, 2.24) is 10.6 Å². The van der Waals surface area contributed by atoms with Crippen molar-refractivity contribution in [3.63, 3.8) is 0 Å². The highest BCUT2D eigenvalue weighted by atomic mass is 79.9. The van der Waals surface area contributed by atoms with Gasteiger partial charge in [0.1, 0.15) is 5.75 Å². The van der Waals surface area contributed by atoms with E-state index < -0.39 is 0 Å². The zero-order valence-corrected chi connectivity index (χ0v) is 12.1. The summed E-state index contributed by atoms with van der Waals surface area (Å²) in [7, 11) is 1.63. The van der Waals surface area contributed by atoms with Gasteiger partial charge in [-0.05, 0) is 40.5 Å². The van der Waals surface area contributed by atoms with Crippen molar-refractivity contribution in [3.8, 4) is 5.75 Å². The normalized spacial score (nSPS) is 16.8. The van der Waals surface area contributed by atoms with Gasteiger partial charge >= 0.3 is 0 Å². The van der Waals surface area contributed by atoms with Crippen molar-refractivity contribution in [2.24, 2.45) is 5.92 Å². The van der Waals surface area contributed by atoms with Crippen LogP contribution in [0.4, 0.5) is 0 Å². The molecule has 1 aromatic carbocycles. The summed E-state index contributed by atoms with van der Waals surface area (Å²) in [5, 5.41) is 6.12. The Morgan fingerprint density at radius 1 is 1.56 bits per heavy atom. The SMILES string of the molecule is COc1ccc(C(C)NC(=O)C2CNC2)cc1Br. The van der Waals surface area contributed by atoms with E-state index in [-0.39, 0.29) is 17.9 Å². The minimum Gasteiger partial charge on any atom is -0.496 e. The Bertz CT molecular complexity index is 447. The van der Waals surface area contributed by atoms with Crippen LogP contribution in [0.1, 0.15) is 18.5 Å². The van der Waals surface area contributed by atoms with Gasteiger partial charge in [0.25, 0.3) is 0 Å². The average Bonchev–Trinajstić information content (AvgIpc) is 2.26. The maximum Gasteiger partial charge on any atom is 0.226 e. The van der Waals surface area contributed by atoms with Gasteiger partial charge in [0.2, 0.25) is 5.91 Å². The van der Waals surface area contributed by atoms with Gasteiger partial charge in [-0.1, -0.05) is 6.07 Å². The zero-order chi connectivity index (χ0) is 13.1. The molecule has 5 heteroatoms. The van der Waals surface area contributed by atoms with E-state index in [0.717, 1.165) is 28.9 Å². The van der Waals surface area contributed by atoms with Crippen molar-refractivity contribution >= 4 is 21.8 Å². The summed E-state index contributed by atoms with van der Waals surface area (Å²) in [5.74, 6) is 1.03. The van der Waals surface area contributed by atoms with Crippen molar-refractivity contribution in [2.75, 3.05) is 20.2 Å². The smallest absolute Gasteiger partial charge is 0.226 e. The topological polar surface area (TPSA) is 50.4 Å². The Balaban J connectivity index is 2.01. The average molecular weight is 313 g/mol. The fourth-order valence-corrected chi connectivity index (χ4v) is 2.40. The number of benzene rings is 1. The van der Waals surface area contributed by atoms with Crippen LogP contribution in [-0.4, -0.2) is 26.1 Å². The lowest BCUT2D eigenvalue weighted by atomic mass is 10.0. The van der Waals surface area contributed by atoms with Crippen LogP contribution in [0.5, 0.6) is 5.75 Å². The molecule has 2 rings (SSSR count). The predicted molar refractivity (Wildman–Crippen MR) is 73.6 cm³/mol. The molecule has 1 aromatic rings. The summed E-state index contributed by atoms with van der Waals surface area (Å²) in [5.41, 5.74) is 1.06. The summed E-state index contributed by atoms with van der Waals surface area (Å²) >= 11 is 3.45. The lowest BCUT2D eigenvalue weighted by Gasteiger charge is -2.27. The van der Waals surface area contributed by atoms with Crippen LogP contribution < -0.4 is 15.4 Å². The molecule has 1 fully saturated rings. The van der Waals surface area contributed by atoms with Crippen LogP contribution in [-0.2, 0) is 4.79 Å². The van der Waals surface area contributed by atoms with Gasteiger partial charge in [0.15, 0.2) is 0 Å². The van der Waals surface area contributed by atoms with Crippen molar-refractivity contribution < 1.29 is 9.53 Å². The van der Waals surface area contributed by atoms with Gasteiger partial charge in [0.05, 0.1) is 23.5 Å². The number of halogens is 1. The molecule has 1 unspecified atom stereocenters. The maximum atomic E-state index is 11.8. The van der Waals surface area contributed by atoms with Gasteiger partial charge in [0, 0.05) is 13.1 Å². The lowest BCUT2D eigenvalue weighted by Crippen LogP contribution is -2.51. The van der Waals surface area contributed by atoms with Crippen molar-refractivity contribution in [2.45, 2.75) is 13.0 Å². The van der Waals surface area contributed by atoms with Crippen LogP contribution >= 0.6 is 15.9 Å². The summed E-state index contributed by atoms with van der Waals surface area (Å²) in [6.07, 6.45) is 0. The highest BCUT2D eigenvalue weighted by Gasteiger charge is 2.25. The predicted octanol–water partition coefficient (Wildman–Crippen LogP) is 1.85. The highest BCUT2D eigenvalue weighted by Crippen LogP contribution is 2.28. The summed E-state index contributed by atoms with van der Waals surface area (Å²) in [6.45, 7) is 3.55. The molecule has 2 N–H and O–H groups in total. The van der Waals surface area contributed by atoms with E-state index in [1.807, 2.05) is 25.1 Å². The second-order valence-electron chi connectivity index (χ2n) is 4.48. The van der Waals surface area contributed by atoms with E-state index in [1.54, 1.807) is 7.11 Å². The van der Waals surface area contributed by atoms with Crippen LogP contribution in [0, 0.1) is 5.92 Å². The summed E-state index contributed by atoms with van der Waals surface area (Å²) in [4.78, 5) is 11.8. The molecule has 18 heavy (non-hydrogen) atoms. The third kappa shape index (κ3) is 2.84. The first kappa shape index (κ1) is 13.4. The van der Waals surface area contributed by atoms with Gasteiger partial charge in [-0.3, -0.25) is 4.79 Å². The first-order valence-corrected chi connectivity index (χ1v) is 6.75. The number of hydrogen-bond acceptors (Lipinski definition) is 3. The fraction of sp³-hybridized carbons (Fsp3) is 0.462. The van der Waals surface area contributed by atoms with E-state index >= 15 is 0 Å². The van der Waals surface area contributed by atoms with E-state index in [0.29, 0.717) is 0 Å². The Kier molecular flexibility index (Phi) is 4.24. The quantitative estimate of drug-likeness (QED) is 0.892. The molecule has 98 valence electrons. The first-order valence-electron chi connectivity index (χ1n) is 5.96. The van der Waals surface area contributed by atoms with E-state index in [2.05, 4.69) is 26.6 Å². The van der Waals surface area contributed by atoms with Crippen LogP contribution in [0.3, 0.4) is 0 Å². The second kappa shape index (κ2) is 5.71. The number of ether oxygens (including phenoxy) is 1. The van der Waals surface area contributed by atoms with Crippen LogP contribution in [0.2, 0.25) is 0 Å². The lowest BCUT2D eigenvalue weighted by molar-refractivity contribution is -0.127. The number of carbonyl (C=O) groups excluding carboxylic acids is 1. The fourth-order valence-electron chi connectivity index (χ4n) is 1.84. The van der Waals surface area contributed by atoms with E-state index in [1.165, 1.54) is 0 Å². The molecule has 0 radical (unpaired) electrons. The molecule has 1 aliphatic rings. The minimum atomic E-state index is 0.000283. The Labute approximate surface area is 115 Å². The molecule has 1 atom stereocenters. The van der Waals surface area contributed by atoms with Gasteiger partial charge < -0.3 is 15.4 Å². The summed E-state index contributed by atoms with van der Waals surface area (Å²) < 4.78 is 6.08. The van der Waals surface area contributed by atoms with Crippen LogP contribution in [0.15, 0.2) is 22.7 Å². The molecule has 0 bridgehead atoms. The van der Waals surface area contributed by atoms with E-state index in [9.17, 15) is 4.79 Å². The Morgan fingerprint density at radius 2 is 2.28 bits per heavy atom. The molecule has 0 aliphatic carbocycles. The number of rotatable bonds is 4. The molecule has 4 nitrogen and oxygen atoms in total. The number of carbonyl (C=O) groups is 1. The zero-order valence-electron chi connectivity index (χ0n) is 10.5. The molecular formula is C13H17BrN2O2. The number of methoxy groups -OCH3 is 1. The molecule has 0 saturated carbocycles. The largest absolute Gasteiger partial charge is 0.496 e. The van der Waals surface area contributed by atoms with Gasteiger partial charge in [-0.25, -0.2) is 0 Å². The standard InChI is InChI=1S/C13H17BrN2O2/c1-8(16-13(17)10-6-15-7-10)9-3-4-12(18-2)11(14)5-9/h3-5,8,10,15H,6-7H2,1-2H3,(H,16,17). The number of hydrogen-bond donors (Lipinski definition) is 2. The summed E-state index contributed by atoms with van der Waals surface area (Å²) in [6, 6.07) is 5.84. The molecule has 0 aromatic heterocycles. The third-order valence-corrected chi connectivity index (χ3v) is 3.81.